The molecule has 1 saturated heterocycles. The van der Waals surface area contributed by atoms with E-state index in [0.29, 0.717) is 25.3 Å². The van der Waals surface area contributed by atoms with Crippen molar-refractivity contribution in [3.8, 4) is 0 Å². The summed E-state index contributed by atoms with van der Waals surface area (Å²) < 4.78 is 1.90. The average Bonchev–Trinajstić information content (AvgIpc) is 3.10. The van der Waals surface area contributed by atoms with Gasteiger partial charge in [0.15, 0.2) is 0 Å². The maximum Gasteiger partial charge on any atom is 0.250 e. The van der Waals surface area contributed by atoms with Crippen molar-refractivity contribution < 1.29 is 4.79 Å². The van der Waals surface area contributed by atoms with Crippen LogP contribution in [0.2, 0.25) is 0 Å². The Morgan fingerprint density at radius 2 is 2.00 bits per heavy atom. The molecule has 2 aliphatic rings. The first-order valence-corrected chi connectivity index (χ1v) is 9.58. The van der Waals surface area contributed by atoms with E-state index in [9.17, 15) is 9.59 Å². The number of benzene rings is 1. The average molecular weight is 362 g/mol. The minimum Gasteiger partial charge on any atom is -0.342 e. The molecule has 1 fully saturated rings. The van der Waals surface area contributed by atoms with Crippen LogP contribution in [0.4, 0.5) is 0 Å². The summed E-state index contributed by atoms with van der Waals surface area (Å²) in [6, 6.07) is 13.4. The number of rotatable bonds is 3. The lowest BCUT2D eigenvalue weighted by molar-refractivity contribution is -0.133. The summed E-state index contributed by atoms with van der Waals surface area (Å²) in [5, 5.41) is 0. The number of carbonyl (C=O) groups is 1. The number of carbonyl (C=O) groups excluding carboxylic acids is 1. The third kappa shape index (κ3) is 2.95. The van der Waals surface area contributed by atoms with Gasteiger partial charge in [-0.1, -0.05) is 18.2 Å². The number of imidazole rings is 1. The lowest BCUT2D eigenvalue weighted by Gasteiger charge is -2.42. The van der Waals surface area contributed by atoms with E-state index in [4.69, 9.17) is 0 Å². The van der Waals surface area contributed by atoms with Gasteiger partial charge in [-0.25, -0.2) is 4.98 Å². The summed E-state index contributed by atoms with van der Waals surface area (Å²) in [6.45, 7) is 2.17. The van der Waals surface area contributed by atoms with E-state index in [1.165, 1.54) is 0 Å². The standard InChI is InChI=1S/C21H22N4O2/c26-20(9-8-19-22-16-4-1-2-5-17(16)23-19)24-11-14-10-15(13-24)18-6-3-7-21(27)25(18)12-14/h1-7,14-15H,8-13H2,(H,22,23)/t14-,15-/m1/s1. The number of hydrogen-bond donors (Lipinski definition) is 1. The molecule has 4 heterocycles. The molecule has 2 aliphatic heterocycles. The van der Waals surface area contributed by atoms with E-state index in [2.05, 4.69) is 9.97 Å². The Kier molecular flexibility index (Phi) is 3.85. The minimum absolute atomic E-state index is 0.0758. The molecular formula is C21H22N4O2. The molecule has 1 amide bonds. The molecule has 6 nitrogen and oxygen atoms in total. The van der Waals surface area contributed by atoms with Crippen LogP contribution in [0, 0.1) is 5.92 Å². The van der Waals surface area contributed by atoms with E-state index in [0.717, 1.165) is 42.1 Å². The van der Waals surface area contributed by atoms with E-state index in [1.807, 2.05) is 45.9 Å². The van der Waals surface area contributed by atoms with Crippen LogP contribution in [-0.2, 0) is 17.8 Å². The smallest absolute Gasteiger partial charge is 0.250 e. The predicted molar refractivity (Wildman–Crippen MR) is 103 cm³/mol. The number of piperidine rings is 1. The van der Waals surface area contributed by atoms with Crippen molar-refractivity contribution >= 4 is 16.9 Å². The quantitative estimate of drug-likeness (QED) is 0.777. The highest BCUT2D eigenvalue weighted by Gasteiger charge is 2.35. The van der Waals surface area contributed by atoms with Crippen LogP contribution in [0.3, 0.4) is 0 Å². The largest absolute Gasteiger partial charge is 0.342 e. The van der Waals surface area contributed by atoms with Crippen molar-refractivity contribution in [2.75, 3.05) is 13.1 Å². The normalized spacial score (nSPS) is 21.3. The maximum atomic E-state index is 12.8. The van der Waals surface area contributed by atoms with Crippen LogP contribution in [0.15, 0.2) is 47.3 Å². The first-order chi connectivity index (χ1) is 13.2. The van der Waals surface area contributed by atoms with Gasteiger partial charge in [0, 0.05) is 50.2 Å². The van der Waals surface area contributed by atoms with Crippen molar-refractivity contribution in [3.05, 3.63) is 64.3 Å². The van der Waals surface area contributed by atoms with Crippen molar-refractivity contribution in [2.24, 2.45) is 5.92 Å². The fourth-order valence-corrected chi connectivity index (χ4v) is 4.61. The molecule has 2 bridgehead atoms. The molecule has 0 radical (unpaired) electrons. The Balaban J connectivity index is 1.28. The molecule has 2 atom stereocenters. The molecule has 138 valence electrons. The molecule has 1 N–H and O–H groups in total. The minimum atomic E-state index is 0.0758. The predicted octanol–water partition coefficient (Wildman–Crippen LogP) is 2.30. The van der Waals surface area contributed by atoms with Crippen molar-refractivity contribution in [2.45, 2.75) is 31.7 Å². The maximum absolute atomic E-state index is 12.8. The first kappa shape index (κ1) is 16.3. The van der Waals surface area contributed by atoms with Gasteiger partial charge in [-0.05, 0) is 30.5 Å². The number of aryl methyl sites for hydroxylation is 1. The zero-order valence-electron chi connectivity index (χ0n) is 15.1. The molecule has 6 heteroatoms. The van der Waals surface area contributed by atoms with Crippen LogP contribution in [0.1, 0.15) is 30.3 Å². The second-order valence-corrected chi connectivity index (χ2v) is 7.70. The van der Waals surface area contributed by atoms with Crippen molar-refractivity contribution in [3.63, 3.8) is 0 Å². The van der Waals surface area contributed by atoms with Crippen molar-refractivity contribution in [1.82, 2.24) is 19.4 Å². The Morgan fingerprint density at radius 1 is 1.11 bits per heavy atom. The number of H-pyrrole nitrogens is 1. The van der Waals surface area contributed by atoms with Gasteiger partial charge in [-0.15, -0.1) is 0 Å². The monoisotopic (exact) mass is 362 g/mol. The third-order valence-corrected chi connectivity index (χ3v) is 5.85. The Labute approximate surface area is 156 Å². The van der Waals surface area contributed by atoms with Crippen LogP contribution in [0.5, 0.6) is 0 Å². The highest BCUT2D eigenvalue weighted by molar-refractivity contribution is 5.77. The molecule has 0 aliphatic carbocycles. The van der Waals surface area contributed by atoms with E-state index in [1.54, 1.807) is 6.07 Å². The molecule has 27 heavy (non-hydrogen) atoms. The zero-order valence-corrected chi connectivity index (χ0v) is 15.1. The topological polar surface area (TPSA) is 71.0 Å². The fourth-order valence-electron chi connectivity index (χ4n) is 4.61. The number of hydrogen-bond acceptors (Lipinski definition) is 3. The third-order valence-electron chi connectivity index (χ3n) is 5.85. The number of aromatic nitrogens is 3. The highest BCUT2D eigenvalue weighted by atomic mass is 16.2. The molecule has 5 rings (SSSR count). The van der Waals surface area contributed by atoms with Gasteiger partial charge in [0.2, 0.25) is 5.91 Å². The number of nitrogens with zero attached hydrogens (tertiary/aromatic N) is 3. The van der Waals surface area contributed by atoms with Crippen molar-refractivity contribution in [1.29, 1.82) is 0 Å². The summed E-state index contributed by atoms with van der Waals surface area (Å²) in [7, 11) is 0. The number of pyridine rings is 1. The number of likely N-dealkylation sites (tertiary alicyclic amines) is 1. The number of fused-ring (bicyclic) bond motifs is 5. The Hall–Kier alpha value is -2.89. The van der Waals surface area contributed by atoms with Gasteiger partial charge >= 0.3 is 0 Å². The number of amides is 1. The summed E-state index contributed by atoms with van der Waals surface area (Å²) in [5.41, 5.74) is 3.10. The lowest BCUT2D eigenvalue weighted by atomic mass is 9.83. The summed E-state index contributed by atoms with van der Waals surface area (Å²) in [5.74, 6) is 1.67. The van der Waals surface area contributed by atoms with Gasteiger partial charge < -0.3 is 14.5 Å². The highest BCUT2D eigenvalue weighted by Crippen LogP contribution is 2.35. The second-order valence-electron chi connectivity index (χ2n) is 7.70. The van der Waals surface area contributed by atoms with Crippen LogP contribution in [-0.4, -0.2) is 38.4 Å². The molecule has 2 aromatic heterocycles. The summed E-state index contributed by atoms with van der Waals surface area (Å²) >= 11 is 0. The number of nitrogens with one attached hydrogen (secondary N) is 1. The summed E-state index contributed by atoms with van der Waals surface area (Å²) in [4.78, 5) is 34.8. The summed E-state index contributed by atoms with van der Waals surface area (Å²) in [6.07, 6.45) is 2.15. The van der Waals surface area contributed by atoms with Crippen LogP contribution in [0.25, 0.3) is 11.0 Å². The Morgan fingerprint density at radius 3 is 2.89 bits per heavy atom. The zero-order chi connectivity index (χ0) is 18.4. The molecule has 3 aromatic rings. The molecule has 0 saturated carbocycles. The van der Waals surface area contributed by atoms with Crippen LogP contribution >= 0.6 is 0 Å². The molecule has 1 aromatic carbocycles. The molecule has 0 spiro atoms. The second kappa shape index (κ2) is 6.37. The van der Waals surface area contributed by atoms with E-state index in [-0.39, 0.29) is 17.4 Å². The van der Waals surface area contributed by atoms with Gasteiger partial charge in [-0.3, -0.25) is 9.59 Å². The van der Waals surface area contributed by atoms with E-state index >= 15 is 0 Å². The molecular weight excluding hydrogens is 340 g/mol. The van der Waals surface area contributed by atoms with Crippen LogP contribution < -0.4 is 5.56 Å². The molecule has 0 unspecified atom stereocenters. The van der Waals surface area contributed by atoms with Gasteiger partial charge in [0.1, 0.15) is 5.82 Å². The van der Waals surface area contributed by atoms with Gasteiger partial charge in [0.25, 0.3) is 5.56 Å². The SMILES string of the molecule is O=C(CCc1nc2ccccc2[nH]1)N1C[C@H]2C[C@H](C1)c1cccc(=O)n1C2. The fraction of sp³-hybridized carbons (Fsp3) is 0.381. The van der Waals surface area contributed by atoms with Gasteiger partial charge in [0.05, 0.1) is 11.0 Å². The number of para-hydroxylation sites is 2. The number of aromatic amines is 1. The first-order valence-electron chi connectivity index (χ1n) is 9.58. The van der Waals surface area contributed by atoms with E-state index < -0.39 is 0 Å². The lowest BCUT2D eigenvalue weighted by Crippen LogP contribution is -2.49. The Bertz CT molecular complexity index is 1030. The van der Waals surface area contributed by atoms with Gasteiger partial charge in [-0.2, -0.15) is 0 Å².